The van der Waals surface area contributed by atoms with Crippen molar-refractivity contribution in [1.29, 1.82) is 0 Å². The fourth-order valence-electron chi connectivity index (χ4n) is 1.40. The molecule has 1 N–H and O–H groups in total. The Bertz CT molecular complexity index is 622. The third kappa shape index (κ3) is 3.09. The van der Waals surface area contributed by atoms with Gasteiger partial charge in [-0.05, 0) is 29.7 Å². The van der Waals surface area contributed by atoms with Gasteiger partial charge in [0.15, 0.2) is 0 Å². The van der Waals surface area contributed by atoms with Gasteiger partial charge >= 0.3 is 5.97 Å². The molecule has 0 saturated carbocycles. The lowest BCUT2D eigenvalue weighted by atomic mass is 10.1. The van der Waals surface area contributed by atoms with E-state index in [4.69, 9.17) is 16.7 Å². The van der Waals surface area contributed by atoms with E-state index in [9.17, 15) is 4.79 Å². The van der Waals surface area contributed by atoms with Crippen LogP contribution in [-0.2, 0) is 4.79 Å². The molecular weight excluding hydrogens is 250 g/mol. The minimum absolute atomic E-state index is 0.426. The molecule has 0 aliphatic heterocycles. The second kappa shape index (κ2) is 5.35. The molecule has 0 aliphatic carbocycles. The van der Waals surface area contributed by atoms with E-state index in [1.54, 1.807) is 24.4 Å². The highest BCUT2D eigenvalue weighted by Gasteiger charge is 1.98. The Kier molecular flexibility index (Phi) is 3.61. The normalized spacial score (nSPS) is 9.39. The van der Waals surface area contributed by atoms with Crippen molar-refractivity contribution in [2.75, 3.05) is 0 Å². The van der Waals surface area contributed by atoms with Gasteiger partial charge in [-0.25, -0.2) is 9.78 Å². The summed E-state index contributed by atoms with van der Waals surface area (Å²) in [5, 5.41) is 9.10. The lowest BCUT2D eigenvalue weighted by molar-refractivity contribution is -0.130. The Hall–Kier alpha value is -2.31. The Morgan fingerprint density at radius 3 is 2.33 bits per heavy atom. The largest absolute Gasteiger partial charge is 0.472 e. The van der Waals surface area contributed by atoms with E-state index in [0.717, 1.165) is 11.1 Å². The molecule has 18 heavy (non-hydrogen) atoms. The Morgan fingerprint density at radius 1 is 1.11 bits per heavy atom. The first-order valence-electron chi connectivity index (χ1n) is 5.12. The predicted octanol–water partition coefficient (Wildman–Crippen LogP) is 2.84. The molecule has 2 rings (SSSR count). The van der Waals surface area contributed by atoms with E-state index in [0.29, 0.717) is 10.7 Å². The highest BCUT2D eigenvalue weighted by molar-refractivity contribution is 6.30. The second-order valence-electron chi connectivity index (χ2n) is 3.49. The van der Waals surface area contributed by atoms with Crippen molar-refractivity contribution in [2.24, 2.45) is 0 Å². The summed E-state index contributed by atoms with van der Waals surface area (Å²) in [6.07, 6.45) is 1.65. The molecule has 1 aromatic carbocycles. The number of rotatable bonds is 1. The summed E-state index contributed by atoms with van der Waals surface area (Å²) in [6, 6.07) is 10.9. The number of carboxylic acids is 1. The monoisotopic (exact) mass is 257 g/mol. The van der Waals surface area contributed by atoms with Gasteiger partial charge in [0.1, 0.15) is 5.69 Å². The lowest BCUT2D eigenvalue weighted by Gasteiger charge is -2.00. The topological polar surface area (TPSA) is 50.2 Å². The summed E-state index contributed by atoms with van der Waals surface area (Å²) in [4.78, 5) is 14.4. The molecule has 2 aromatic rings. The van der Waals surface area contributed by atoms with Crippen molar-refractivity contribution in [3.63, 3.8) is 0 Å². The van der Waals surface area contributed by atoms with Crippen LogP contribution in [0.15, 0.2) is 42.6 Å². The average molecular weight is 258 g/mol. The first-order chi connectivity index (χ1) is 8.65. The van der Waals surface area contributed by atoms with Crippen LogP contribution in [0.5, 0.6) is 0 Å². The zero-order valence-corrected chi connectivity index (χ0v) is 9.98. The van der Waals surface area contributed by atoms with Gasteiger partial charge in [-0.1, -0.05) is 29.8 Å². The first kappa shape index (κ1) is 12.2. The van der Waals surface area contributed by atoms with E-state index in [1.807, 2.05) is 24.1 Å². The number of hydrogen-bond donors (Lipinski definition) is 1. The number of hydrogen-bond acceptors (Lipinski definition) is 2. The third-order valence-electron chi connectivity index (χ3n) is 2.24. The van der Waals surface area contributed by atoms with Crippen LogP contribution in [0, 0.1) is 11.8 Å². The summed E-state index contributed by atoms with van der Waals surface area (Å²) in [6.45, 7) is 0. The Morgan fingerprint density at radius 2 is 1.78 bits per heavy atom. The van der Waals surface area contributed by atoms with Gasteiger partial charge in [0, 0.05) is 22.7 Å². The number of nitrogens with zero attached hydrogens (tertiary/aromatic N) is 1. The average Bonchev–Trinajstić information content (AvgIpc) is 2.38. The third-order valence-corrected chi connectivity index (χ3v) is 2.49. The number of benzene rings is 1. The molecule has 0 fully saturated rings. The van der Waals surface area contributed by atoms with E-state index < -0.39 is 5.97 Å². The maximum atomic E-state index is 10.3. The van der Waals surface area contributed by atoms with Crippen LogP contribution < -0.4 is 0 Å². The minimum atomic E-state index is -1.17. The van der Waals surface area contributed by atoms with Crippen LogP contribution in [0.4, 0.5) is 0 Å². The zero-order chi connectivity index (χ0) is 13.0. The number of carbonyl (C=O) groups is 1. The van der Waals surface area contributed by atoms with Gasteiger partial charge in [0.25, 0.3) is 0 Å². The maximum absolute atomic E-state index is 10.3. The standard InChI is InChI=1S/C14H8ClNO2/c15-12-4-1-10(2-5-12)11-3-6-13(16-9-11)7-8-14(17)18/h1-6,9H,(H,17,18). The molecule has 4 heteroatoms. The molecule has 0 saturated heterocycles. The van der Waals surface area contributed by atoms with E-state index in [2.05, 4.69) is 10.9 Å². The molecule has 1 aromatic heterocycles. The van der Waals surface area contributed by atoms with E-state index in [-0.39, 0.29) is 0 Å². The first-order valence-corrected chi connectivity index (χ1v) is 5.50. The fraction of sp³-hybridized carbons (Fsp3) is 0. The number of halogens is 1. The maximum Gasteiger partial charge on any atom is 0.382 e. The van der Waals surface area contributed by atoms with Gasteiger partial charge in [0.05, 0.1) is 0 Å². The molecule has 1 heterocycles. The zero-order valence-electron chi connectivity index (χ0n) is 9.22. The summed E-state index contributed by atoms with van der Waals surface area (Å²) in [5.74, 6) is 3.30. The number of aliphatic carboxylic acids is 1. The minimum Gasteiger partial charge on any atom is -0.472 e. The van der Waals surface area contributed by atoms with E-state index >= 15 is 0 Å². The molecule has 0 spiro atoms. The van der Waals surface area contributed by atoms with Crippen LogP contribution in [0.1, 0.15) is 5.69 Å². The predicted molar refractivity (Wildman–Crippen MR) is 69.2 cm³/mol. The van der Waals surface area contributed by atoms with Gasteiger partial charge in [-0.15, -0.1) is 0 Å². The SMILES string of the molecule is O=C(O)C#Cc1ccc(-c2ccc(Cl)cc2)cn1. The molecular formula is C14H8ClNO2. The van der Waals surface area contributed by atoms with Crippen LogP contribution in [0.2, 0.25) is 5.02 Å². The molecule has 0 amide bonds. The highest BCUT2D eigenvalue weighted by Crippen LogP contribution is 2.20. The Balaban J connectivity index is 2.25. The summed E-state index contributed by atoms with van der Waals surface area (Å²) in [7, 11) is 0. The summed E-state index contributed by atoms with van der Waals surface area (Å²) in [5.41, 5.74) is 2.34. The number of carboxylic acid groups (broad SMARTS) is 1. The van der Waals surface area contributed by atoms with Crippen LogP contribution in [0.3, 0.4) is 0 Å². The van der Waals surface area contributed by atoms with E-state index in [1.165, 1.54) is 0 Å². The lowest BCUT2D eigenvalue weighted by Crippen LogP contribution is -1.89. The molecule has 3 nitrogen and oxygen atoms in total. The number of pyridine rings is 1. The summed E-state index contributed by atoms with van der Waals surface area (Å²) < 4.78 is 0. The van der Waals surface area contributed by atoms with Crippen molar-refractivity contribution in [2.45, 2.75) is 0 Å². The number of aromatic nitrogens is 1. The van der Waals surface area contributed by atoms with Gasteiger partial charge in [0.2, 0.25) is 0 Å². The fourth-order valence-corrected chi connectivity index (χ4v) is 1.52. The van der Waals surface area contributed by atoms with Crippen LogP contribution in [-0.4, -0.2) is 16.1 Å². The molecule has 88 valence electrons. The molecule has 0 unspecified atom stereocenters. The van der Waals surface area contributed by atoms with Crippen molar-refractivity contribution in [1.82, 2.24) is 4.98 Å². The van der Waals surface area contributed by atoms with Crippen LogP contribution in [0.25, 0.3) is 11.1 Å². The molecule has 0 bridgehead atoms. The van der Waals surface area contributed by atoms with Crippen molar-refractivity contribution >= 4 is 17.6 Å². The Labute approximate surface area is 109 Å². The van der Waals surface area contributed by atoms with Crippen molar-refractivity contribution < 1.29 is 9.90 Å². The molecule has 0 atom stereocenters. The summed E-state index contributed by atoms with van der Waals surface area (Å²) >= 11 is 5.81. The van der Waals surface area contributed by atoms with Crippen molar-refractivity contribution in [3.8, 4) is 23.0 Å². The van der Waals surface area contributed by atoms with Crippen LogP contribution >= 0.6 is 11.6 Å². The second-order valence-corrected chi connectivity index (χ2v) is 3.93. The van der Waals surface area contributed by atoms with Gasteiger partial charge in [-0.2, -0.15) is 0 Å². The molecule has 0 radical (unpaired) electrons. The van der Waals surface area contributed by atoms with Gasteiger partial charge in [-0.3, -0.25) is 0 Å². The molecule has 0 aliphatic rings. The smallest absolute Gasteiger partial charge is 0.382 e. The van der Waals surface area contributed by atoms with Gasteiger partial charge < -0.3 is 5.11 Å². The quantitative estimate of drug-likeness (QED) is 0.799. The highest BCUT2D eigenvalue weighted by atomic mass is 35.5. The van der Waals surface area contributed by atoms with Crippen molar-refractivity contribution in [3.05, 3.63) is 53.3 Å².